The molecule has 0 saturated heterocycles. The number of rotatable bonds is 3. The molecule has 0 heterocycles. The smallest absolute Gasteiger partial charge is 0.313 e. The molecule has 0 saturated carbocycles. The molecule has 0 aromatic heterocycles. The highest BCUT2D eigenvalue weighted by molar-refractivity contribution is 9.10. The maximum Gasteiger partial charge on any atom is 0.313 e. The van der Waals surface area contributed by atoms with Crippen LogP contribution in [-0.2, 0) is 9.53 Å². The highest BCUT2D eigenvalue weighted by Crippen LogP contribution is 2.37. The number of hydrogen-bond donors (Lipinski definition) is 2. The Morgan fingerprint density at radius 2 is 2.12 bits per heavy atom. The molecular formula is C12H16BrNO3. The van der Waals surface area contributed by atoms with Crippen LogP contribution in [0.3, 0.4) is 0 Å². The number of aromatic hydroxyl groups is 1. The van der Waals surface area contributed by atoms with E-state index in [1.807, 2.05) is 0 Å². The lowest BCUT2D eigenvalue weighted by atomic mass is 9.81. The summed E-state index contributed by atoms with van der Waals surface area (Å²) < 4.78 is 5.46. The van der Waals surface area contributed by atoms with E-state index in [-0.39, 0.29) is 5.75 Å². The Hall–Kier alpha value is -1.07. The summed E-state index contributed by atoms with van der Waals surface area (Å²) >= 11 is 3.25. The maximum atomic E-state index is 11.6. The number of benzene rings is 1. The average molecular weight is 302 g/mol. The predicted molar refractivity (Wildman–Crippen MR) is 68.5 cm³/mol. The van der Waals surface area contributed by atoms with Gasteiger partial charge >= 0.3 is 5.97 Å². The number of carbonyl (C=O) groups excluding carboxylic acids is 1. The summed E-state index contributed by atoms with van der Waals surface area (Å²) in [7, 11) is 1.32. The molecule has 0 spiro atoms. The first-order valence-electron chi connectivity index (χ1n) is 5.13. The molecule has 4 nitrogen and oxygen atoms in total. The Balaban J connectivity index is 3.11. The Bertz CT molecular complexity index is 432. The number of esters is 1. The van der Waals surface area contributed by atoms with E-state index in [9.17, 15) is 9.90 Å². The molecule has 0 bridgehead atoms. The van der Waals surface area contributed by atoms with Gasteiger partial charge < -0.3 is 15.6 Å². The van der Waals surface area contributed by atoms with Crippen LogP contribution in [0.5, 0.6) is 5.75 Å². The molecule has 1 rings (SSSR count). The molecule has 0 radical (unpaired) electrons. The van der Waals surface area contributed by atoms with Crippen molar-refractivity contribution in [1.82, 2.24) is 0 Å². The fraction of sp³-hybridized carbons (Fsp3) is 0.417. The van der Waals surface area contributed by atoms with E-state index < -0.39 is 17.4 Å². The number of halogens is 1. The Morgan fingerprint density at radius 1 is 1.53 bits per heavy atom. The van der Waals surface area contributed by atoms with E-state index in [1.54, 1.807) is 32.0 Å². The van der Waals surface area contributed by atoms with Crippen molar-refractivity contribution in [2.75, 3.05) is 7.11 Å². The van der Waals surface area contributed by atoms with Crippen LogP contribution in [0.4, 0.5) is 0 Å². The van der Waals surface area contributed by atoms with E-state index in [2.05, 4.69) is 15.9 Å². The second-order valence-corrected chi connectivity index (χ2v) is 5.31. The van der Waals surface area contributed by atoms with E-state index in [4.69, 9.17) is 10.5 Å². The Labute approximate surface area is 109 Å². The van der Waals surface area contributed by atoms with Gasteiger partial charge in [-0.05, 0) is 26.0 Å². The number of phenols is 1. The first kappa shape index (κ1) is 14.0. The highest BCUT2D eigenvalue weighted by Gasteiger charge is 2.37. The summed E-state index contributed by atoms with van der Waals surface area (Å²) in [6, 6.07) is 4.36. The van der Waals surface area contributed by atoms with Gasteiger partial charge in [-0.15, -0.1) is 0 Å². The second-order valence-electron chi connectivity index (χ2n) is 4.39. The molecule has 1 aromatic rings. The van der Waals surface area contributed by atoms with Gasteiger partial charge in [-0.25, -0.2) is 0 Å². The van der Waals surface area contributed by atoms with E-state index >= 15 is 0 Å². The van der Waals surface area contributed by atoms with Crippen molar-refractivity contribution in [2.24, 2.45) is 11.1 Å². The van der Waals surface area contributed by atoms with Crippen molar-refractivity contribution in [3.8, 4) is 5.75 Å². The number of hydrogen-bond acceptors (Lipinski definition) is 4. The zero-order valence-corrected chi connectivity index (χ0v) is 11.6. The molecule has 3 N–H and O–H groups in total. The third kappa shape index (κ3) is 2.79. The van der Waals surface area contributed by atoms with Crippen LogP contribution in [0.15, 0.2) is 22.7 Å². The third-order valence-corrected chi connectivity index (χ3v) is 3.31. The minimum absolute atomic E-state index is 0.0591. The van der Waals surface area contributed by atoms with Crippen LogP contribution in [-0.4, -0.2) is 18.2 Å². The first-order valence-corrected chi connectivity index (χ1v) is 5.92. The highest BCUT2D eigenvalue weighted by atomic mass is 79.9. The van der Waals surface area contributed by atoms with E-state index in [0.29, 0.717) is 5.56 Å². The fourth-order valence-electron chi connectivity index (χ4n) is 1.56. The van der Waals surface area contributed by atoms with Crippen molar-refractivity contribution < 1.29 is 14.6 Å². The standard InChI is InChI=1S/C12H16BrNO3/c1-12(2,11(16)17-3)10(14)8-5-4-7(13)6-9(8)15/h4-6,10,15H,14H2,1-3H3/t10-/m0/s1. The summed E-state index contributed by atoms with van der Waals surface area (Å²) in [6.45, 7) is 3.37. The zero-order chi connectivity index (χ0) is 13.2. The largest absolute Gasteiger partial charge is 0.508 e. The summed E-state index contributed by atoms with van der Waals surface area (Å²) in [5.41, 5.74) is 5.64. The van der Waals surface area contributed by atoms with Gasteiger partial charge in [0.1, 0.15) is 5.75 Å². The third-order valence-electron chi connectivity index (χ3n) is 2.82. The molecule has 1 aromatic carbocycles. The van der Waals surface area contributed by atoms with Crippen LogP contribution in [0.2, 0.25) is 0 Å². The van der Waals surface area contributed by atoms with Crippen LogP contribution in [0, 0.1) is 5.41 Å². The Morgan fingerprint density at radius 3 is 2.59 bits per heavy atom. The lowest BCUT2D eigenvalue weighted by molar-refractivity contribution is -0.152. The molecule has 94 valence electrons. The minimum atomic E-state index is -0.903. The predicted octanol–water partition coefficient (Wildman–Crippen LogP) is 2.35. The van der Waals surface area contributed by atoms with Gasteiger partial charge in [0, 0.05) is 16.1 Å². The minimum Gasteiger partial charge on any atom is -0.508 e. The van der Waals surface area contributed by atoms with Crippen LogP contribution >= 0.6 is 15.9 Å². The van der Waals surface area contributed by atoms with Crippen molar-refractivity contribution >= 4 is 21.9 Å². The van der Waals surface area contributed by atoms with Crippen LogP contribution in [0.1, 0.15) is 25.5 Å². The van der Waals surface area contributed by atoms with Crippen LogP contribution in [0.25, 0.3) is 0 Å². The number of methoxy groups -OCH3 is 1. The lowest BCUT2D eigenvalue weighted by Gasteiger charge is -2.29. The zero-order valence-electron chi connectivity index (χ0n) is 10.0. The molecule has 17 heavy (non-hydrogen) atoms. The SMILES string of the molecule is COC(=O)C(C)(C)[C@@H](N)c1ccc(Br)cc1O. The van der Waals surface area contributed by atoms with E-state index in [0.717, 1.165) is 4.47 Å². The van der Waals surface area contributed by atoms with Crippen LogP contribution < -0.4 is 5.73 Å². The monoisotopic (exact) mass is 301 g/mol. The first-order chi connectivity index (χ1) is 7.80. The normalized spacial score (nSPS) is 13.2. The van der Waals surface area contributed by atoms with Gasteiger partial charge in [-0.3, -0.25) is 4.79 Å². The number of nitrogens with two attached hydrogens (primary N) is 1. The van der Waals surface area contributed by atoms with Crippen molar-refractivity contribution in [1.29, 1.82) is 0 Å². The molecule has 0 aliphatic rings. The van der Waals surface area contributed by atoms with Crippen molar-refractivity contribution in [3.63, 3.8) is 0 Å². The Kier molecular flexibility index (Phi) is 4.16. The molecule has 0 aliphatic heterocycles. The maximum absolute atomic E-state index is 11.6. The van der Waals surface area contributed by atoms with Crippen molar-refractivity contribution in [3.05, 3.63) is 28.2 Å². The van der Waals surface area contributed by atoms with Gasteiger partial charge in [0.05, 0.1) is 12.5 Å². The lowest BCUT2D eigenvalue weighted by Crippen LogP contribution is -2.37. The van der Waals surface area contributed by atoms with Gasteiger partial charge in [-0.2, -0.15) is 0 Å². The molecule has 0 fully saturated rings. The topological polar surface area (TPSA) is 72.5 Å². The van der Waals surface area contributed by atoms with Gasteiger partial charge in [0.2, 0.25) is 0 Å². The summed E-state index contributed by atoms with van der Waals surface area (Å²) in [5, 5.41) is 9.82. The summed E-state index contributed by atoms with van der Waals surface area (Å²) in [4.78, 5) is 11.6. The quantitative estimate of drug-likeness (QED) is 0.841. The summed E-state index contributed by atoms with van der Waals surface area (Å²) in [5.74, 6) is -0.351. The molecule has 5 heteroatoms. The average Bonchev–Trinajstić information content (AvgIpc) is 2.27. The van der Waals surface area contributed by atoms with Crippen molar-refractivity contribution in [2.45, 2.75) is 19.9 Å². The molecule has 0 amide bonds. The van der Waals surface area contributed by atoms with Gasteiger partial charge in [0.25, 0.3) is 0 Å². The van der Waals surface area contributed by atoms with Gasteiger partial charge in [0.15, 0.2) is 0 Å². The number of phenolic OH excluding ortho intramolecular Hbond substituents is 1. The molecule has 0 aliphatic carbocycles. The molecule has 1 atom stereocenters. The number of ether oxygens (including phenoxy) is 1. The van der Waals surface area contributed by atoms with E-state index in [1.165, 1.54) is 7.11 Å². The van der Waals surface area contributed by atoms with Gasteiger partial charge in [-0.1, -0.05) is 22.0 Å². The molecular weight excluding hydrogens is 286 g/mol. The second kappa shape index (κ2) is 5.06. The fourth-order valence-corrected chi connectivity index (χ4v) is 1.91. The summed E-state index contributed by atoms with van der Waals surface area (Å²) in [6.07, 6.45) is 0. The molecule has 0 unspecified atom stereocenters. The number of carbonyl (C=O) groups is 1.